The minimum absolute atomic E-state index is 0.466. The summed E-state index contributed by atoms with van der Waals surface area (Å²) in [5, 5.41) is 18.0. The predicted octanol–water partition coefficient (Wildman–Crippen LogP) is 10.7. The summed E-state index contributed by atoms with van der Waals surface area (Å²) in [5.74, 6) is 1.19. The first-order valence-electron chi connectivity index (χ1n) is 12.9. The van der Waals surface area contributed by atoms with Crippen molar-refractivity contribution in [3.8, 4) is 12.1 Å². The van der Waals surface area contributed by atoms with Crippen LogP contribution in [0.1, 0.15) is 115 Å². The molecule has 0 amide bonds. The van der Waals surface area contributed by atoms with Crippen LogP contribution >= 0.6 is 34.4 Å². The Labute approximate surface area is 214 Å². The van der Waals surface area contributed by atoms with Crippen LogP contribution in [-0.2, 0) is 0 Å². The van der Waals surface area contributed by atoms with E-state index in [0.717, 1.165) is 4.88 Å². The maximum atomic E-state index is 9.18. The Morgan fingerprint density at radius 1 is 0.758 bits per heavy atom. The molecule has 0 aliphatic carbocycles. The number of hydrogen-bond acceptors (Lipinski definition) is 5. The van der Waals surface area contributed by atoms with Gasteiger partial charge in [-0.2, -0.15) is 10.5 Å². The van der Waals surface area contributed by atoms with E-state index in [0.29, 0.717) is 5.57 Å². The van der Waals surface area contributed by atoms with E-state index >= 15 is 0 Å². The minimum atomic E-state index is 0.466. The molecule has 0 atom stereocenters. The number of hydrogen-bond donors (Lipinski definition) is 0. The molecule has 180 valence electrons. The summed E-state index contributed by atoms with van der Waals surface area (Å²) >= 11 is 5.38. The van der Waals surface area contributed by atoms with Gasteiger partial charge in [-0.15, -0.1) is 34.4 Å². The largest absolute Gasteiger partial charge is 0.193 e. The van der Waals surface area contributed by atoms with E-state index in [1.54, 1.807) is 22.7 Å². The fraction of sp³-hybridized carbons (Fsp3) is 0.643. The van der Waals surface area contributed by atoms with Crippen molar-refractivity contribution >= 4 is 49.4 Å². The Morgan fingerprint density at radius 3 is 1.76 bits per heavy atom. The lowest BCUT2D eigenvalue weighted by atomic mass is 10.0. The van der Waals surface area contributed by atoms with Crippen LogP contribution in [0.4, 0.5) is 0 Å². The van der Waals surface area contributed by atoms with Crippen LogP contribution in [0, 0.1) is 22.7 Å². The Kier molecular flexibility index (Phi) is 15.3. The molecular weight excluding hydrogens is 461 g/mol. The van der Waals surface area contributed by atoms with Crippen LogP contribution in [0.2, 0.25) is 0 Å². The van der Waals surface area contributed by atoms with Gasteiger partial charge in [-0.05, 0) is 24.3 Å². The molecule has 0 aliphatic rings. The van der Waals surface area contributed by atoms with Crippen molar-refractivity contribution in [2.24, 2.45) is 0 Å². The third kappa shape index (κ3) is 11.6. The second-order valence-corrected chi connectivity index (χ2v) is 12.4. The van der Waals surface area contributed by atoms with Crippen molar-refractivity contribution in [3.05, 3.63) is 23.1 Å². The molecule has 2 aromatic rings. The fourth-order valence-corrected chi connectivity index (χ4v) is 7.74. The maximum Gasteiger partial charge on any atom is 0.101 e. The average molecular weight is 501 g/mol. The number of rotatable bonds is 19. The lowest BCUT2D eigenvalue weighted by Gasteiger charge is -2.03. The normalized spacial score (nSPS) is 11.7. The molecule has 0 saturated carbocycles. The van der Waals surface area contributed by atoms with Gasteiger partial charge in [-0.25, -0.2) is 0 Å². The quantitative estimate of drug-likeness (QED) is 0.109. The summed E-state index contributed by atoms with van der Waals surface area (Å²) in [6.45, 7) is 2.29. The standard InChI is InChI=1S/C28H40N2S3/c1-2-3-4-5-6-7-8-9-10-11-12-13-14-15-16-17-20-31-28-22-27-26(33-28)21-25(32-27)24(23-30)18-19-29/h18,21-22H,2-17,20H2,1H3. The van der Waals surface area contributed by atoms with Crippen LogP contribution in [0.25, 0.3) is 15.0 Å². The number of thiophene rings is 2. The van der Waals surface area contributed by atoms with Crippen molar-refractivity contribution in [1.82, 2.24) is 0 Å². The zero-order valence-corrected chi connectivity index (χ0v) is 22.8. The molecule has 0 unspecified atom stereocenters. The highest BCUT2D eigenvalue weighted by molar-refractivity contribution is 8.01. The molecule has 2 nitrogen and oxygen atoms in total. The van der Waals surface area contributed by atoms with Crippen molar-refractivity contribution < 1.29 is 0 Å². The Morgan fingerprint density at radius 2 is 1.27 bits per heavy atom. The van der Waals surface area contributed by atoms with Gasteiger partial charge in [0.05, 0.1) is 15.9 Å². The highest BCUT2D eigenvalue weighted by Crippen LogP contribution is 2.40. The lowest BCUT2D eigenvalue weighted by Crippen LogP contribution is -1.84. The molecule has 0 aromatic carbocycles. The van der Waals surface area contributed by atoms with Gasteiger partial charge in [0, 0.05) is 20.4 Å². The predicted molar refractivity (Wildman–Crippen MR) is 149 cm³/mol. The smallest absolute Gasteiger partial charge is 0.101 e. The summed E-state index contributed by atoms with van der Waals surface area (Å²) < 4.78 is 3.82. The first-order valence-corrected chi connectivity index (χ1v) is 15.6. The van der Waals surface area contributed by atoms with Crippen LogP contribution in [-0.4, -0.2) is 5.75 Å². The van der Waals surface area contributed by atoms with Crippen molar-refractivity contribution in [3.63, 3.8) is 0 Å². The monoisotopic (exact) mass is 500 g/mol. The molecule has 0 spiro atoms. The van der Waals surface area contributed by atoms with Gasteiger partial charge < -0.3 is 0 Å². The molecule has 0 bridgehead atoms. The van der Waals surface area contributed by atoms with Crippen molar-refractivity contribution in [2.45, 2.75) is 114 Å². The van der Waals surface area contributed by atoms with E-state index in [2.05, 4.69) is 25.1 Å². The molecular formula is C28H40N2S3. The van der Waals surface area contributed by atoms with E-state index in [1.807, 2.05) is 17.8 Å². The van der Waals surface area contributed by atoms with Crippen LogP contribution in [0.15, 0.2) is 22.4 Å². The molecule has 0 saturated heterocycles. The van der Waals surface area contributed by atoms with Crippen LogP contribution in [0.5, 0.6) is 0 Å². The van der Waals surface area contributed by atoms with Gasteiger partial charge in [0.25, 0.3) is 0 Å². The van der Waals surface area contributed by atoms with Crippen LogP contribution in [0.3, 0.4) is 0 Å². The topological polar surface area (TPSA) is 47.6 Å². The first-order chi connectivity index (χ1) is 16.3. The Bertz CT molecular complexity index is 863. The van der Waals surface area contributed by atoms with Gasteiger partial charge in [-0.3, -0.25) is 0 Å². The van der Waals surface area contributed by atoms with E-state index in [-0.39, 0.29) is 0 Å². The van der Waals surface area contributed by atoms with E-state index < -0.39 is 0 Å². The van der Waals surface area contributed by atoms with Crippen LogP contribution < -0.4 is 0 Å². The first kappa shape index (κ1) is 28.0. The van der Waals surface area contributed by atoms with Crippen molar-refractivity contribution in [1.29, 1.82) is 10.5 Å². The SMILES string of the molecule is CCCCCCCCCCCCCCCCCCSc1cc2sc(C(C#N)=CC#N)cc2s1. The van der Waals surface area contributed by atoms with Gasteiger partial charge in [0.2, 0.25) is 0 Å². The van der Waals surface area contributed by atoms with E-state index in [9.17, 15) is 5.26 Å². The fourth-order valence-electron chi connectivity index (χ4n) is 4.06. The molecule has 33 heavy (non-hydrogen) atoms. The summed E-state index contributed by atoms with van der Waals surface area (Å²) in [6, 6.07) is 8.37. The molecule has 0 fully saturated rings. The molecule has 2 rings (SSSR count). The maximum absolute atomic E-state index is 9.18. The molecule has 0 aliphatic heterocycles. The van der Waals surface area contributed by atoms with Crippen molar-refractivity contribution in [2.75, 3.05) is 5.75 Å². The molecule has 0 radical (unpaired) electrons. The second-order valence-electron chi connectivity index (χ2n) is 8.86. The lowest BCUT2D eigenvalue weighted by molar-refractivity contribution is 0.532. The van der Waals surface area contributed by atoms with E-state index in [4.69, 9.17) is 5.26 Å². The third-order valence-electron chi connectivity index (χ3n) is 6.02. The minimum Gasteiger partial charge on any atom is -0.193 e. The highest BCUT2D eigenvalue weighted by atomic mass is 32.2. The third-order valence-corrected chi connectivity index (χ3v) is 9.64. The number of fused-ring (bicyclic) bond motifs is 1. The summed E-state index contributed by atoms with van der Waals surface area (Å²) in [6.07, 6.45) is 23.9. The summed E-state index contributed by atoms with van der Waals surface area (Å²) in [5.41, 5.74) is 0.466. The zero-order valence-electron chi connectivity index (χ0n) is 20.4. The van der Waals surface area contributed by atoms with Gasteiger partial charge in [0.1, 0.15) is 6.07 Å². The number of unbranched alkanes of at least 4 members (excludes halogenated alkanes) is 15. The molecule has 2 heterocycles. The zero-order chi connectivity index (χ0) is 23.6. The Hall–Kier alpha value is -1.27. The number of thioether (sulfide) groups is 1. The van der Waals surface area contributed by atoms with Gasteiger partial charge in [-0.1, -0.05) is 103 Å². The summed E-state index contributed by atoms with van der Waals surface area (Å²) in [4.78, 5) is 0.898. The average Bonchev–Trinajstić information content (AvgIpc) is 3.38. The molecule has 5 heteroatoms. The summed E-state index contributed by atoms with van der Waals surface area (Å²) in [7, 11) is 0. The second kappa shape index (κ2) is 18.1. The van der Waals surface area contributed by atoms with Gasteiger partial charge in [0.15, 0.2) is 0 Å². The number of allylic oxidation sites excluding steroid dienone is 2. The highest BCUT2D eigenvalue weighted by Gasteiger charge is 2.10. The number of nitrogens with zero attached hydrogens (tertiary/aromatic N) is 2. The van der Waals surface area contributed by atoms with E-state index in [1.165, 1.54) is 128 Å². The molecule has 0 N–H and O–H groups in total. The molecule has 2 aromatic heterocycles. The number of nitriles is 2. The Balaban J connectivity index is 1.42. The van der Waals surface area contributed by atoms with Gasteiger partial charge >= 0.3 is 0 Å².